The highest BCUT2D eigenvalue weighted by atomic mass is 32.1. The third kappa shape index (κ3) is 5.80. The maximum atomic E-state index is 13.2. The van der Waals surface area contributed by atoms with E-state index in [1.165, 1.54) is 17.8 Å². The van der Waals surface area contributed by atoms with Gasteiger partial charge in [-0.1, -0.05) is 36.8 Å². The maximum absolute atomic E-state index is 13.2. The second-order valence-corrected chi connectivity index (χ2v) is 9.02. The average molecular weight is 464 g/mol. The summed E-state index contributed by atoms with van der Waals surface area (Å²) in [5.74, 6) is 0.401. The van der Waals surface area contributed by atoms with E-state index in [0.717, 1.165) is 37.2 Å². The minimum Gasteiger partial charge on any atom is -0.497 e. The lowest BCUT2D eigenvalue weighted by molar-refractivity contribution is 0.0925. The van der Waals surface area contributed by atoms with Crippen LogP contribution in [0, 0.1) is 0 Å². The molecule has 1 saturated heterocycles. The van der Waals surface area contributed by atoms with Crippen LogP contribution in [0.15, 0.2) is 66.0 Å². The summed E-state index contributed by atoms with van der Waals surface area (Å²) in [6.07, 6.45) is 3.58. The van der Waals surface area contributed by atoms with Gasteiger partial charge >= 0.3 is 0 Å². The Morgan fingerprint density at radius 3 is 2.42 bits per heavy atom. The van der Waals surface area contributed by atoms with Gasteiger partial charge in [0.25, 0.3) is 11.8 Å². The lowest BCUT2D eigenvalue weighted by Gasteiger charge is -2.35. The summed E-state index contributed by atoms with van der Waals surface area (Å²) in [7, 11) is 1.66. The quantitative estimate of drug-likeness (QED) is 0.495. The lowest BCUT2D eigenvalue weighted by atomic mass is 10.0. The standard InChI is InChI=1S/C26H29N3O3S/c1-32-20-13-11-19(12-14-20)23(29-15-5-2-6-16-29)18-27-25(30)21-8-3-4-9-22(21)28-26(31)24-10-7-17-33-24/h3-4,7-14,17,23H,2,5-6,15-16,18H2,1H3,(H,27,30)(H,28,31). The average Bonchev–Trinajstić information content (AvgIpc) is 3.41. The summed E-state index contributed by atoms with van der Waals surface area (Å²) in [6, 6.07) is 18.9. The predicted molar refractivity (Wildman–Crippen MR) is 132 cm³/mol. The van der Waals surface area contributed by atoms with Gasteiger partial charge < -0.3 is 15.4 Å². The zero-order valence-corrected chi connectivity index (χ0v) is 19.6. The highest BCUT2D eigenvalue weighted by Gasteiger charge is 2.24. The van der Waals surface area contributed by atoms with Crippen LogP contribution in [-0.2, 0) is 0 Å². The number of hydrogen-bond acceptors (Lipinski definition) is 5. The lowest BCUT2D eigenvalue weighted by Crippen LogP contribution is -2.40. The summed E-state index contributed by atoms with van der Waals surface area (Å²) in [6.45, 7) is 2.51. The Labute approximate surface area is 198 Å². The maximum Gasteiger partial charge on any atom is 0.265 e. The Kier molecular flexibility index (Phi) is 7.75. The summed E-state index contributed by atoms with van der Waals surface area (Å²) in [5.41, 5.74) is 2.11. The van der Waals surface area contributed by atoms with E-state index in [0.29, 0.717) is 22.7 Å². The van der Waals surface area contributed by atoms with E-state index < -0.39 is 0 Å². The smallest absolute Gasteiger partial charge is 0.265 e. The molecule has 1 aliphatic rings. The second-order valence-electron chi connectivity index (χ2n) is 8.07. The van der Waals surface area contributed by atoms with Crippen LogP contribution in [0.4, 0.5) is 5.69 Å². The molecule has 1 atom stereocenters. The van der Waals surface area contributed by atoms with E-state index >= 15 is 0 Å². The second kappa shape index (κ2) is 11.1. The summed E-state index contributed by atoms with van der Waals surface area (Å²) in [5, 5.41) is 7.84. The van der Waals surface area contributed by atoms with E-state index in [-0.39, 0.29) is 17.9 Å². The Balaban J connectivity index is 1.48. The fourth-order valence-corrected chi connectivity index (χ4v) is 4.80. The predicted octanol–water partition coefficient (Wildman–Crippen LogP) is 4.97. The number of hydrogen-bond donors (Lipinski definition) is 2. The van der Waals surface area contributed by atoms with Gasteiger partial charge in [0.05, 0.1) is 29.3 Å². The number of amides is 2. The zero-order valence-electron chi connectivity index (χ0n) is 18.8. The van der Waals surface area contributed by atoms with Gasteiger partial charge in [0.2, 0.25) is 0 Å². The van der Waals surface area contributed by atoms with Crippen LogP contribution >= 0.6 is 11.3 Å². The fraction of sp³-hybridized carbons (Fsp3) is 0.308. The Morgan fingerprint density at radius 2 is 1.73 bits per heavy atom. The van der Waals surface area contributed by atoms with Gasteiger partial charge in [-0.3, -0.25) is 14.5 Å². The number of likely N-dealkylation sites (tertiary alicyclic amines) is 1. The first-order valence-corrected chi connectivity index (χ1v) is 12.1. The number of rotatable bonds is 8. The first-order valence-electron chi connectivity index (χ1n) is 11.3. The first kappa shape index (κ1) is 23.0. The number of nitrogens with zero attached hydrogens (tertiary/aromatic N) is 1. The minimum absolute atomic E-state index is 0.0769. The number of thiophene rings is 1. The topological polar surface area (TPSA) is 70.7 Å². The summed E-state index contributed by atoms with van der Waals surface area (Å²) in [4.78, 5) is 28.7. The molecule has 7 heteroatoms. The monoisotopic (exact) mass is 463 g/mol. The number of methoxy groups -OCH3 is 1. The molecular weight excluding hydrogens is 434 g/mol. The summed E-state index contributed by atoms with van der Waals surface area (Å²) >= 11 is 1.37. The van der Waals surface area contributed by atoms with Crippen LogP contribution in [0.1, 0.15) is 50.9 Å². The van der Waals surface area contributed by atoms with E-state index in [4.69, 9.17) is 4.74 Å². The minimum atomic E-state index is -0.213. The molecule has 4 rings (SSSR count). The number of para-hydroxylation sites is 1. The molecule has 3 aromatic rings. The number of anilines is 1. The molecule has 2 heterocycles. The first-order chi connectivity index (χ1) is 16.2. The SMILES string of the molecule is COc1ccc(C(CNC(=O)c2ccccc2NC(=O)c2cccs2)N2CCCCC2)cc1. The van der Waals surface area contributed by atoms with Gasteiger partial charge in [-0.15, -0.1) is 11.3 Å². The van der Waals surface area contributed by atoms with Crippen LogP contribution in [0.2, 0.25) is 0 Å². The molecule has 1 aliphatic heterocycles. The van der Waals surface area contributed by atoms with Crippen LogP contribution in [0.5, 0.6) is 5.75 Å². The largest absolute Gasteiger partial charge is 0.497 e. The normalized spacial score (nSPS) is 14.9. The number of carbonyl (C=O) groups is 2. The molecule has 2 N–H and O–H groups in total. The Hall–Kier alpha value is -3.16. The molecule has 0 radical (unpaired) electrons. The van der Waals surface area contributed by atoms with Crippen LogP contribution < -0.4 is 15.4 Å². The molecule has 6 nitrogen and oxygen atoms in total. The van der Waals surface area contributed by atoms with Crippen molar-refractivity contribution in [2.45, 2.75) is 25.3 Å². The van der Waals surface area contributed by atoms with Gasteiger partial charge in [0.1, 0.15) is 5.75 Å². The van der Waals surface area contributed by atoms with Crippen molar-refractivity contribution in [1.82, 2.24) is 10.2 Å². The van der Waals surface area contributed by atoms with Gasteiger partial charge in [0.15, 0.2) is 0 Å². The van der Waals surface area contributed by atoms with Crippen molar-refractivity contribution in [2.75, 3.05) is 32.1 Å². The molecular formula is C26H29N3O3S. The third-order valence-electron chi connectivity index (χ3n) is 5.95. The number of piperidine rings is 1. The highest BCUT2D eigenvalue weighted by molar-refractivity contribution is 7.12. The molecule has 2 amide bonds. The number of ether oxygens (including phenoxy) is 1. The van der Waals surface area contributed by atoms with Crippen molar-refractivity contribution in [3.63, 3.8) is 0 Å². The molecule has 1 unspecified atom stereocenters. The Morgan fingerprint density at radius 1 is 0.970 bits per heavy atom. The van der Waals surface area contributed by atoms with Gasteiger partial charge in [-0.05, 0) is 67.2 Å². The van der Waals surface area contributed by atoms with Crippen LogP contribution in [0.25, 0.3) is 0 Å². The molecule has 0 saturated carbocycles. The molecule has 33 heavy (non-hydrogen) atoms. The number of benzene rings is 2. The molecule has 1 fully saturated rings. The van der Waals surface area contributed by atoms with Gasteiger partial charge in [0, 0.05) is 6.54 Å². The van der Waals surface area contributed by atoms with E-state index in [9.17, 15) is 9.59 Å². The summed E-state index contributed by atoms with van der Waals surface area (Å²) < 4.78 is 5.30. The molecule has 2 aromatic carbocycles. The molecule has 0 aliphatic carbocycles. The number of carbonyl (C=O) groups excluding carboxylic acids is 2. The third-order valence-corrected chi connectivity index (χ3v) is 6.82. The van der Waals surface area contributed by atoms with Crippen molar-refractivity contribution in [1.29, 1.82) is 0 Å². The van der Waals surface area contributed by atoms with Gasteiger partial charge in [-0.25, -0.2) is 0 Å². The van der Waals surface area contributed by atoms with E-state index in [1.807, 2.05) is 29.6 Å². The van der Waals surface area contributed by atoms with Crippen LogP contribution in [-0.4, -0.2) is 43.5 Å². The van der Waals surface area contributed by atoms with E-state index in [2.05, 4.69) is 27.7 Å². The van der Waals surface area contributed by atoms with Crippen molar-refractivity contribution in [3.05, 3.63) is 82.0 Å². The van der Waals surface area contributed by atoms with Crippen molar-refractivity contribution >= 4 is 28.8 Å². The van der Waals surface area contributed by atoms with Crippen LogP contribution in [0.3, 0.4) is 0 Å². The zero-order chi connectivity index (χ0) is 23.0. The molecule has 0 bridgehead atoms. The number of nitrogens with one attached hydrogen (secondary N) is 2. The van der Waals surface area contributed by atoms with Crippen molar-refractivity contribution in [3.8, 4) is 5.75 Å². The van der Waals surface area contributed by atoms with Crippen molar-refractivity contribution < 1.29 is 14.3 Å². The molecule has 172 valence electrons. The molecule has 1 aromatic heterocycles. The molecule has 0 spiro atoms. The van der Waals surface area contributed by atoms with Crippen molar-refractivity contribution in [2.24, 2.45) is 0 Å². The van der Waals surface area contributed by atoms with E-state index in [1.54, 1.807) is 31.4 Å². The fourth-order valence-electron chi connectivity index (χ4n) is 4.18. The van der Waals surface area contributed by atoms with Gasteiger partial charge in [-0.2, -0.15) is 0 Å². The Bertz CT molecular complexity index is 1060. The highest BCUT2D eigenvalue weighted by Crippen LogP contribution is 2.26.